The first-order chi connectivity index (χ1) is 10.2. The number of sulfonamides is 1. The van der Waals surface area contributed by atoms with Gasteiger partial charge in [-0.1, -0.05) is 11.6 Å². The maximum atomic E-state index is 12.6. The van der Waals surface area contributed by atoms with Gasteiger partial charge < -0.3 is 15.4 Å². The maximum absolute atomic E-state index is 12.6. The van der Waals surface area contributed by atoms with Crippen molar-refractivity contribution in [3.05, 3.63) is 22.7 Å². The minimum atomic E-state index is -3.23. The third-order valence-electron chi connectivity index (χ3n) is 3.54. The molecule has 0 aromatic heterocycles. The van der Waals surface area contributed by atoms with Crippen LogP contribution in [0.25, 0.3) is 0 Å². The molecular weight excluding hydrogens is 330 g/mol. The molecule has 2 N–H and O–H groups in total. The van der Waals surface area contributed by atoms with Crippen LogP contribution in [0.3, 0.4) is 0 Å². The second-order valence-electron chi connectivity index (χ2n) is 5.03. The zero-order valence-corrected chi connectivity index (χ0v) is 13.9. The van der Waals surface area contributed by atoms with E-state index >= 15 is 0 Å². The van der Waals surface area contributed by atoms with Crippen LogP contribution in [0.15, 0.2) is 12.1 Å². The summed E-state index contributed by atoms with van der Waals surface area (Å²) < 4.78 is 29.5. The molecule has 0 saturated carbocycles. The molecule has 0 unspecified atom stereocenters. The smallest absolute Gasteiger partial charge is 0.257 e. The van der Waals surface area contributed by atoms with E-state index in [-0.39, 0.29) is 24.0 Å². The second kappa shape index (κ2) is 6.31. The highest BCUT2D eigenvalue weighted by atomic mass is 35.5. The summed E-state index contributed by atoms with van der Waals surface area (Å²) in [6, 6.07) is 2.98. The number of nitrogens with two attached hydrogens (primary N) is 1. The standard InChI is InChI=1S/C13H18ClN3O4S/c1-21-12-8-11(15)10(14)7-9(12)13(18)16-3-5-17(6-4-16)22(2,19)20/h7-8H,3-6,15H2,1-2H3. The number of nitrogen functional groups attached to an aromatic ring is 1. The summed E-state index contributed by atoms with van der Waals surface area (Å²) in [5.41, 5.74) is 6.34. The topological polar surface area (TPSA) is 92.9 Å². The van der Waals surface area contributed by atoms with E-state index in [4.69, 9.17) is 22.1 Å². The van der Waals surface area contributed by atoms with E-state index in [0.717, 1.165) is 6.26 Å². The molecule has 0 atom stereocenters. The molecule has 1 fully saturated rings. The zero-order chi connectivity index (χ0) is 16.5. The number of carbonyl (C=O) groups is 1. The van der Waals surface area contributed by atoms with Crippen LogP contribution in [0.5, 0.6) is 5.75 Å². The lowest BCUT2D eigenvalue weighted by Gasteiger charge is -2.33. The van der Waals surface area contributed by atoms with E-state index in [0.29, 0.717) is 30.1 Å². The fourth-order valence-electron chi connectivity index (χ4n) is 2.30. The van der Waals surface area contributed by atoms with Gasteiger partial charge in [-0.25, -0.2) is 8.42 Å². The Labute approximate surface area is 134 Å². The van der Waals surface area contributed by atoms with Gasteiger partial charge in [0.25, 0.3) is 5.91 Å². The lowest BCUT2D eigenvalue weighted by molar-refractivity contribution is 0.0695. The largest absolute Gasteiger partial charge is 0.496 e. The third-order valence-corrected chi connectivity index (χ3v) is 5.17. The predicted molar refractivity (Wildman–Crippen MR) is 84.7 cm³/mol. The van der Waals surface area contributed by atoms with Crippen molar-refractivity contribution in [2.75, 3.05) is 45.3 Å². The number of benzene rings is 1. The van der Waals surface area contributed by atoms with Crippen molar-refractivity contribution in [1.82, 2.24) is 9.21 Å². The number of rotatable bonds is 3. The van der Waals surface area contributed by atoms with Crippen molar-refractivity contribution in [3.63, 3.8) is 0 Å². The Balaban J connectivity index is 2.19. The summed E-state index contributed by atoms with van der Waals surface area (Å²) in [7, 11) is -1.79. The molecule has 1 amide bonds. The quantitative estimate of drug-likeness (QED) is 0.810. The number of halogens is 1. The van der Waals surface area contributed by atoms with E-state index < -0.39 is 10.0 Å². The molecule has 9 heteroatoms. The van der Waals surface area contributed by atoms with Gasteiger partial charge >= 0.3 is 0 Å². The fourth-order valence-corrected chi connectivity index (χ4v) is 3.29. The van der Waals surface area contributed by atoms with Crippen LogP contribution in [0.1, 0.15) is 10.4 Å². The normalized spacial score (nSPS) is 16.6. The van der Waals surface area contributed by atoms with E-state index in [1.807, 2.05) is 0 Å². The molecule has 1 heterocycles. The van der Waals surface area contributed by atoms with E-state index in [1.165, 1.54) is 23.5 Å². The van der Waals surface area contributed by atoms with Crippen molar-refractivity contribution in [2.45, 2.75) is 0 Å². The average Bonchev–Trinajstić information content (AvgIpc) is 2.48. The molecule has 1 saturated heterocycles. The second-order valence-corrected chi connectivity index (χ2v) is 7.42. The van der Waals surface area contributed by atoms with E-state index in [2.05, 4.69) is 0 Å². The van der Waals surface area contributed by atoms with E-state index in [1.54, 1.807) is 4.90 Å². The highest BCUT2D eigenvalue weighted by Crippen LogP contribution is 2.30. The third kappa shape index (κ3) is 3.45. The van der Waals surface area contributed by atoms with Crippen LogP contribution in [-0.4, -0.2) is 63.1 Å². The van der Waals surface area contributed by atoms with Gasteiger partial charge in [-0.2, -0.15) is 4.31 Å². The number of piperazine rings is 1. The summed E-state index contributed by atoms with van der Waals surface area (Å²) >= 11 is 5.97. The van der Waals surface area contributed by atoms with Crippen LogP contribution >= 0.6 is 11.6 Å². The van der Waals surface area contributed by atoms with Gasteiger partial charge in [0.2, 0.25) is 10.0 Å². The van der Waals surface area contributed by atoms with Crippen LogP contribution in [0.2, 0.25) is 5.02 Å². The van der Waals surface area contributed by atoms with E-state index in [9.17, 15) is 13.2 Å². The molecule has 1 aromatic carbocycles. The number of amides is 1. The van der Waals surface area contributed by atoms with Crippen LogP contribution < -0.4 is 10.5 Å². The molecule has 1 aliphatic heterocycles. The maximum Gasteiger partial charge on any atom is 0.257 e. The molecule has 22 heavy (non-hydrogen) atoms. The first-order valence-corrected chi connectivity index (χ1v) is 8.84. The number of methoxy groups -OCH3 is 1. The molecule has 7 nitrogen and oxygen atoms in total. The number of nitrogens with zero attached hydrogens (tertiary/aromatic N) is 2. The van der Waals surface area contributed by atoms with Gasteiger partial charge in [0.05, 0.1) is 29.6 Å². The summed E-state index contributed by atoms with van der Waals surface area (Å²) in [6.45, 7) is 1.18. The Morgan fingerprint density at radius 2 is 1.86 bits per heavy atom. The van der Waals surface area contributed by atoms with Gasteiger partial charge in [0, 0.05) is 32.2 Å². The molecule has 0 bridgehead atoms. The van der Waals surface area contributed by atoms with Crippen LogP contribution in [0.4, 0.5) is 5.69 Å². The van der Waals surface area contributed by atoms with Gasteiger partial charge in [-0.3, -0.25) is 4.79 Å². The van der Waals surface area contributed by atoms with Crippen molar-refractivity contribution < 1.29 is 17.9 Å². The monoisotopic (exact) mass is 347 g/mol. The minimum Gasteiger partial charge on any atom is -0.496 e. The van der Waals surface area contributed by atoms with Crippen LogP contribution in [-0.2, 0) is 10.0 Å². The highest BCUT2D eigenvalue weighted by molar-refractivity contribution is 7.88. The van der Waals surface area contributed by atoms with Gasteiger partial charge in [0.15, 0.2) is 0 Å². The van der Waals surface area contributed by atoms with Gasteiger partial charge in [-0.15, -0.1) is 0 Å². The Hall–Kier alpha value is -1.51. The number of hydrogen-bond donors (Lipinski definition) is 1. The van der Waals surface area contributed by atoms with Crippen molar-refractivity contribution in [3.8, 4) is 5.75 Å². The van der Waals surface area contributed by atoms with Crippen molar-refractivity contribution in [1.29, 1.82) is 0 Å². The lowest BCUT2D eigenvalue weighted by atomic mass is 10.1. The van der Waals surface area contributed by atoms with Gasteiger partial charge in [-0.05, 0) is 6.07 Å². The fraction of sp³-hybridized carbons (Fsp3) is 0.462. The zero-order valence-electron chi connectivity index (χ0n) is 12.4. The summed E-state index contributed by atoms with van der Waals surface area (Å²) in [5.74, 6) is 0.0874. The molecule has 2 rings (SSSR count). The summed E-state index contributed by atoms with van der Waals surface area (Å²) in [6.07, 6.45) is 1.16. The molecule has 0 aliphatic carbocycles. The predicted octanol–water partition coefficient (Wildman–Crippen LogP) is 0.648. The molecule has 0 radical (unpaired) electrons. The van der Waals surface area contributed by atoms with Crippen molar-refractivity contribution in [2.24, 2.45) is 0 Å². The number of carbonyl (C=O) groups excluding carboxylic acids is 1. The first kappa shape index (κ1) is 16.9. The minimum absolute atomic E-state index is 0.257. The molecule has 1 aliphatic rings. The Bertz CT molecular complexity index is 685. The Morgan fingerprint density at radius 3 is 2.36 bits per heavy atom. The Kier molecular flexibility index (Phi) is 4.84. The summed E-state index contributed by atoms with van der Waals surface area (Å²) in [4.78, 5) is 14.2. The van der Waals surface area contributed by atoms with Crippen LogP contribution in [0, 0.1) is 0 Å². The Morgan fingerprint density at radius 1 is 1.27 bits per heavy atom. The molecule has 122 valence electrons. The number of anilines is 1. The number of ether oxygens (including phenoxy) is 1. The summed E-state index contributed by atoms with van der Waals surface area (Å²) in [5, 5.41) is 0.277. The molecule has 0 spiro atoms. The van der Waals surface area contributed by atoms with Crippen molar-refractivity contribution >= 4 is 33.2 Å². The first-order valence-electron chi connectivity index (χ1n) is 6.61. The molecule has 1 aromatic rings. The average molecular weight is 348 g/mol. The SMILES string of the molecule is COc1cc(N)c(Cl)cc1C(=O)N1CCN(S(C)(=O)=O)CC1. The number of hydrogen-bond acceptors (Lipinski definition) is 5. The van der Waals surface area contributed by atoms with Gasteiger partial charge in [0.1, 0.15) is 5.75 Å². The lowest BCUT2D eigenvalue weighted by Crippen LogP contribution is -2.50. The highest BCUT2D eigenvalue weighted by Gasteiger charge is 2.28. The molecular formula is C13H18ClN3O4S.